The van der Waals surface area contributed by atoms with E-state index in [1.807, 2.05) is 18.2 Å². The van der Waals surface area contributed by atoms with Gasteiger partial charge < -0.3 is 15.8 Å². The molecule has 3 N–H and O–H groups in total. The van der Waals surface area contributed by atoms with Gasteiger partial charge in [0.25, 0.3) is 0 Å². The van der Waals surface area contributed by atoms with E-state index < -0.39 is 5.91 Å². The van der Waals surface area contributed by atoms with E-state index in [1.54, 1.807) is 25.3 Å². The molecule has 0 heterocycles. The van der Waals surface area contributed by atoms with Gasteiger partial charge in [-0.15, -0.1) is 0 Å². The predicted molar refractivity (Wildman–Crippen MR) is 88.0 cm³/mol. The number of carbonyl (C=O) groups excluding carboxylic acids is 1. The molecule has 0 unspecified atom stereocenters. The molecule has 2 aromatic carbocycles. The van der Waals surface area contributed by atoms with Crippen LogP contribution in [0.4, 0.5) is 5.69 Å². The lowest BCUT2D eigenvalue weighted by Crippen LogP contribution is -2.11. The molecule has 0 fully saturated rings. The number of ether oxygens (including phenoxy) is 1. The van der Waals surface area contributed by atoms with Crippen molar-refractivity contribution in [2.45, 2.75) is 6.54 Å². The molecule has 0 atom stereocenters. The summed E-state index contributed by atoms with van der Waals surface area (Å²) in [5.41, 5.74) is 7.38. The Labute approximate surface area is 136 Å². The summed E-state index contributed by atoms with van der Waals surface area (Å²) in [5.74, 6) is 0.267. The second-order valence-corrected chi connectivity index (χ2v) is 5.63. The number of methoxy groups -OCH3 is 1. The first-order chi connectivity index (χ1) is 10.0. The summed E-state index contributed by atoms with van der Waals surface area (Å²) in [6.07, 6.45) is 0. The molecule has 0 bridgehead atoms. The number of rotatable bonds is 5. The van der Waals surface area contributed by atoms with Crippen LogP contribution in [0.5, 0.6) is 5.75 Å². The fourth-order valence-electron chi connectivity index (χ4n) is 1.80. The second-order valence-electron chi connectivity index (χ2n) is 4.37. The second kappa shape index (κ2) is 6.83. The van der Waals surface area contributed by atoms with Crippen LogP contribution in [0.3, 0.4) is 0 Å². The van der Waals surface area contributed by atoms with E-state index in [1.165, 1.54) is 0 Å². The molecule has 1 amide bonds. The van der Waals surface area contributed by atoms with Crippen molar-refractivity contribution in [1.82, 2.24) is 0 Å². The number of carbonyl (C=O) groups is 1. The average molecular weight is 370 g/mol. The summed E-state index contributed by atoms with van der Waals surface area (Å²) in [6.45, 7) is 0.518. The lowest BCUT2D eigenvalue weighted by Gasteiger charge is -2.12. The highest BCUT2D eigenvalue weighted by atomic mass is 79.9. The topological polar surface area (TPSA) is 64.3 Å². The predicted octanol–water partition coefficient (Wildman–Crippen LogP) is 3.82. The number of hydrogen-bond donors (Lipinski definition) is 2. The van der Waals surface area contributed by atoms with Crippen LogP contribution in [0.25, 0.3) is 0 Å². The number of amides is 1. The molecule has 0 spiro atoms. The molecule has 0 saturated carbocycles. The summed E-state index contributed by atoms with van der Waals surface area (Å²) in [7, 11) is 1.62. The van der Waals surface area contributed by atoms with Crippen molar-refractivity contribution < 1.29 is 9.53 Å². The minimum atomic E-state index is -0.494. The number of anilines is 1. The van der Waals surface area contributed by atoms with Gasteiger partial charge in [0, 0.05) is 27.7 Å². The van der Waals surface area contributed by atoms with E-state index >= 15 is 0 Å². The minimum absolute atomic E-state index is 0.395. The Morgan fingerprint density at radius 1 is 1.33 bits per heavy atom. The molecule has 6 heteroatoms. The standard InChI is InChI=1S/C15H14BrClN2O2/c1-21-11-4-5-12(16)14(7-11)19-8-10-3-2-9(15(18)20)6-13(10)17/h2-7,19H,8H2,1H3,(H2,18,20). The van der Waals surface area contributed by atoms with E-state index in [9.17, 15) is 4.79 Å². The Kier molecular flexibility index (Phi) is 5.09. The molecule has 0 aromatic heterocycles. The molecule has 0 saturated heterocycles. The summed E-state index contributed by atoms with van der Waals surface area (Å²) in [4.78, 5) is 11.1. The number of primary amides is 1. The fraction of sp³-hybridized carbons (Fsp3) is 0.133. The summed E-state index contributed by atoms with van der Waals surface area (Å²) >= 11 is 9.62. The summed E-state index contributed by atoms with van der Waals surface area (Å²) < 4.78 is 6.11. The zero-order valence-corrected chi connectivity index (χ0v) is 13.7. The maximum absolute atomic E-state index is 11.1. The molecule has 0 aliphatic rings. The molecule has 0 aliphatic carbocycles. The Bertz CT molecular complexity index is 677. The third-order valence-corrected chi connectivity index (χ3v) is 4.02. The molecular formula is C15H14BrClN2O2. The van der Waals surface area contributed by atoms with Gasteiger partial charge in [0.15, 0.2) is 0 Å². The van der Waals surface area contributed by atoms with E-state index in [0.29, 0.717) is 17.1 Å². The van der Waals surface area contributed by atoms with Gasteiger partial charge in [-0.1, -0.05) is 17.7 Å². The number of nitrogens with one attached hydrogen (secondary N) is 1. The lowest BCUT2D eigenvalue weighted by molar-refractivity contribution is 0.100. The molecule has 2 aromatic rings. The van der Waals surface area contributed by atoms with E-state index in [-0.39, 0.29) is 0 Å². The van der Waals surface area contributed by atoms with Gasteiger partial charge in [-0.2, -0.15) is 0 Å². The van der Waals surface area contributed by atoms with Gasteiger partial charge in [0.2, 0.25) is 5.91 Å². The van der Waals surface area contributed by atoms with Crippen LogP contribution in [0.15, 0.2) is 40.9 Å². The minimum Gasteiger partial charge on any atom is -0.497 e. The molecular weight excluding hydrogens is 356 g/mol. The Morgan fingerprint density at radius 3 is 2.71 bits per heavy atom. The monoisotopic (exact) mass is 368 g/mol. The average Bonchev–Trinajstić information content (AvgIpc) is 2.47. The first-order valence-electron chi connectivity index (χ1n) is 6.17. The van der Waals surface area contributed by atoms with Gasteiger partial charge in [-0.3, -0.25) is 4.79 Å². The highest BCUT2D eigenvalue weighted by molar-refractivity contribution is 9.10. The molecule has 21 heavy (non-hydrogen) atoms. The summed E-state index contributed by atoms with van der Waals surface area (Å²) in [6, 6.07) is 10.7. The van der Waals surface area contributed by atoms with E-state index in [4.69, 9.17) is 22.1 Å². The van der Waals surface area contributed by atoms with Crippen molar-refractivity contribution in [2.75, 3.05) is 12.4 Å². The van der Waals surface area contributed by atoms with Crippen molar-refractivity contribution in [2.24, 2.45) is 5.73 Å². The van der Waals surface area contributed by atoms with Crippen molar-refractivity contribution >= 4 is 39.1 Å². The molecule has 4 nitrogen and oxygen atoms in total. The Balaban J connectivity index is 2.15. The maximum atomic E-state index is 11.1. The van der Waals surface area contributed by atoms with Gasteiger partial charge in [-0.25, -0.2) is 0 Å². The zero-order chi connectivity index (χ0) is 15.4. The van der Waals surface area contributed by atoms with Gasteiger partial charge in [0.1, 0.15) is 5.75 Å². The lowest BCUT2D eigenvalue weighted by atomic mass is 10.1. The molecule has 110 valence electrons. The Hall–Kier alpha value is -1.72. The van der Waals surface area contributed by atoms with Gasteiger partial charge >= 0.3 is 0 Å². The molecule has 2 rings (SSSR count). The third kappa shape index (κ3) is 3.89. The highest BCUT2D eigenvalue weighted by Crippen LogP contribution is 2.28. The van der Waals surface area contributed by atoms with Crippen LogP contribution in [0, 0.1) is 0 Å². The number of halogens is 2. The van der Waals surface area contributed by atoms with E-state index in [0.717, 1.165) is 21.5 Å². The number of hydrogen-bond acceptors (Lipinski definition) is 3. The molecule has 0 aliphatic heterocycles. The van der Waals surface area contributed by atoms with Crippen molar-refractivity contribution in [1.29, 1.82) is 0 Å². The first kappa shape index (κ1) is 15.7. The number of benzene rings is 2. The largest absolute Gasteiger partial charge is 0.497 e. The maximum Gasteiger partial charge on any atom is 0.248 e. The Morgan fingerprint density at radius 2 is 2.10 bits per heavy atom. The van der Waals surface area contributed by atoms with Crippen LogP contribution >= 0.6 is 27.5 Å². The van der Waals surface area contributed by atoms with Gasteiger partial charge in [-0.05, 0) is 45.8 Å². The van der Waals surface area contributed by atoms with Gasteiger partial charge in [0.05, 0.1) is 12.8 Å². The van der Waals surface area contributed by atoms with Crippen molar-refractivity contribution in [3.8, 4) is 5.75 Å². The number of nitrogens with two attached hydrogens (primary N) is 1. The van der Waals surface area contributed by atoms with Crippen LogP contribution in [-0.4, -0.2) is 13.0 Å². The normalized spacial score (nSPS) is 10.2. The first-order valence-corrected chi connectivity index (χ1v) is 7.34. The quantitative estimate of drug-likeness (QED) is 0.842. The third-order valence-electron chi connectivity index (χ3n) is 2.98. The fourth-order valence-corrected chi connectivity index (χ4v) is 2.44. The highest BCUT2D eigenvalue weighted by Gasteiger charge is 2.07. The van der Waals surface area contributed by atoms with Crippen molar-refractivity contribution in [3.05, 3.63) is 57.0 Å². The van der Waals surface area contributed by atoms with E-state index in [2.05, 4.69) is 21.2 Å². The van der Waals surface area contributed by atoms with Crippen LogP contribution < -0.4 is 15.8 Å². The van der Waals surface area contributed by atoms with Crippen LogP contribution in [0.2, 0.25) is 5.02 Å². The summed E-state index contributed by atoms with van der Waals surface area (Å²) in [5, 5.41) is 3.76. The van der Waals surface area contributed by atoms with Crippen LogP contribution in [0.1, 0.15) is 15.9 Å². The smallest absolute Gasteiger partial charge is 0.248 e. The van der Waals surface area contributed by atoms with Crippen molar-refractivity contribution in [3.63, 3.8) is 0 Å². The molecule has 0 radical (unpaired) electrons. The SMILES string of the molecule is COc1ccc(Br)c(NCc2ccc(C(N)=O)cc2Cl)c1. The zero-order valence-electron chi connectivity index (χ0n) is 11.3. The van der Waals surface area contributed by atoms with Crippen LogP contribution in [-0.2, 0) is 6.54 Å².